The van der Waals surface area contributed by atoms with E-state index < -0.39 is 5.51 Å². The van der Waals surface area contributed by atoms with Crippen molar-refractivity contribution in [2.24, 2.45) is 0 Å². The molecule has 90 valence electrons. The Morgan fingerprint density at radius 3 is 2.69 bits per heavy atom. The van der Waals surface area contributed by atoms with Crippen LogP contribution in [0.5, 0.6) is 5.75 Å². The number of anilines is 1. The van der Waals surface area contributed by atoms with Crippen LogP contribution >= 0.6 is 23.4 Å². The fraction of sp³-hybridized carbons (Fsp3) is 0.333. The first kappa shape index (κ1) is 13.3. The standard InChI is InChI=1S/C9H9ClF3NOS/c10-6-1-2-7(14)8(5-6)15-3-4-16-9(11,12)13/h1-2,5H,3-4,14H2. The van der Waals surface area contributed by atoms with Gasteiger partial charge in [-0.05, 0) is 23.9 Å². The minimum Gasteiger partial charge on any atom is -0.491 e. The van der Waals surface area contributed by atoms with Gasteiger partial charge in [-0.2, -0.15) is 13.2 Å². The quantitative estimate of drug-likeness (QED) is 0.672. The molecule has 1 aromatic rings. The zero-order valence-corrected chi connectivity index (χ0v) is 9.62. The molecular weight excluding hydrogens is 263 g/mol. The SMILES string of the molecule is Nc1ccc(Cl)cc1OCCSC(F)(F)F. The second-order valence-corrected chi connectivity index (χ2v) is 4.42. The summed E-state index contributed by atoms with van der Waals surface area (Å²) in [5.74, 6) is 0.116. The van der Waals surface area contributed by atoms with E-state index in [2.05, 4.69) is 0 Å². The Balaban J connectivity index is 2.40. The molecule has 0 aromatic heterocycles. The normalized spacial score (nSPS) is 11.5. The first-order valence-electron chi connectivity index (χ1n) is 4.27. The summed E-state index contributed by atoms with van der Waals surface area (Å²) in [6.45, 7) is -0.0747. The molecule has 2 nitrogen and oxygen atoms in total. The van der Waals surface area contributed by atoms with E-state index in [-0.39, 0.29) is 24.1 Å². The number of benzene rings is 1. The predicted octanol–water partition coefficient (Wildman–Crippen LogP) is 3.55. The highest BCUT2D eigenvalue weighted by atomic mass is 35.5. The maximum atomic E-state index is 11.8. The average molecular weight is 272 g/mol. The van der Waals surface area contributed by atoms with Crippen LogP contribution < -0.4 is 10.5 Å². The number of halogens is 4. The van der Waals surface area contributed by atoms with Crippen LogP contribution in [0.4, 0.5) is 18.9 Å². The number of thioether (sulfide) groups is 1. The average Bonchev–Trinajstić information content (AvgIpc) is 2.16. The van der Waals surface area contributed by atoms with Gasteiger partial charge in [-0.3, -0.25) is 0 Å². The summed E-state index contributed by atoms with van der Waals surface area (Å²) in [5, 5.41) is 0.424. The molecular formula is C9H9ClF3NOS. The lowest BCUT2D eigenvalue weighted by Gasteiger charge is -2.09. The molecule has 0 bridgehead atoms. The van der Waals surface area contributed by atoms with Gasteiger partial charge in [0.25, 0.3) is 0 Å². The molecule has 0 fully saturated rings. The summed E-state index contributed by atoms with van der Waals surface area (Å²) in [7, 11) is 0. The largest absolute Gasteiger partial charge is 0.491 e. The number of rotatable bonds is 4. The van der Waals surface area contributed by atoms with Gasteiger partial charge in [-0.1, -0.05) is 11.6 Å². The van der Waals surface area contributed by atoms with E-state index in [0.717, 1.165) is 0 Å². The third kappa shape index (κ3) is 4.85. The molecule has 2 N–H and O–H groups in total. The van der Waals surface area contributed by atoms with Gasteiger partial charge in [0.1, 0.15) is 5.75 Å². The topological polar surface area (TPSA) is 35.2 Å². The summed E-state index contributed by atoms with van der Waals surface area (Å²) in [5.41, 5.74) is 1.66. The molecule has 0 heterocycles. The summed E-state index contributed by atoms with van der Waals surface area (Å²) in [6, 6.07) is 4.58. The van der Waals surface area contributed by atoms with Crippen molar-refractivity contribution >= 4 is 29.1 Å². The highest BCUT2D eigenvalue weighted by molar-refractivity contribution is 8.00. The fourth-order valence-corrected chi connectivity index (χ4v) is 1.50. The third-order valence-corrected chi connectivity index (χ3v) is 2.52. The Morgan fingerprint density at radius 2 is 2.06 bits per heavy atom. The monoisotopic (exact) mass is 271 g/mol. The molecule has 0 saturated carbocycles. The van der Waals surface area contributed by atoms with E-state index in [9.17, 15) is 13.2 Å². The van der Waals surface area contributed by atoms with Crippen LogP contribution in [0.25, 0.3) is 0 Å². The lowest BCUT2D eigenvalue weighted by molar-refractivity contribution is -0.0329. The molecule has 0 atom stereocenters. The van der Waals surface area contributed by atoms with Gasteiger partial charge in [0.05, 0.1) is 12.3 Å². The van der Waals surface area contributed by atoms with E-state index in [4.69, 9.17) is 22.1 Å². The van der Waals surface area contributed by atoms with Crippen LogP contribution in [-0.2, 0) is 0 Å². The van der Waals surface area contributed by atoms with Crippen molar-refractivity contribution in [3.05, 3.63) is 23.2 Å². The Labute approximate surface area is 99.9 Å². The van der Waals surface area contributed by atoms with Crippen molar-refractivity contribution in [3.63, 3.8) is 0 Å². The van der Waals surface area contributed by atoms with E-state index >= 15 is 0 Å². The molecule has 0 aliphatic rings. The van der Waals surface area contributed by atoms with Crippen molar-refractivity contribution in [2.75, 3.05) is 18.1 Å². The van der Waals surface area contributed by atoms with Crippen LogP contribution in [0.15, 0.2) is 18.2 Å². The van der Waals surface area contributed by atoms with Crippen LogP contribution in [0, 0.1) is 0 Å². The minimum absolute atomic E-state index is 0.0747. The lowest BCUT2D eigenvalue weighted by atomic mass is 10.3. The van der Waals surface area contributed by atoms with Gasteiger partial charge in [-0.25, -0.2) is 0 Å². The number of nitrogens with two attached hydrogens (primary N) is 1. The first-order chi connectivity index (χ1) is 7.38. The molecule has 0 aliphatic heterocycles. The van der Waals surface area contributed by atoms with Crippen LogP contribution in [0.2, 0.25) is 5.02 Å². The zero-order chi connectivity index (χ0) is 12.2. The predicted molar refractivity (Wildman–Crippen MR) is 59.9 cm³/mol. The van der Waals surface area contributed by atoms with Gasteiger partial charge in [0.15, 0.2) is 0 Å². The lowest BCUT2D eigenvalue weighted by Crippen LogP contribution is -2.08. The molecule has 7 heteroatoms. The molecule has 1 rings (SSSR count). The second kappa shape index (κ2) is 5.54. The number of nitrogen functional groups attached to an aromatic ring is 1. The van der Waals surface area contributed by atoms with Gasteiger partial charge in [0, 0.05) is 16.8 Å². The first-order valence-corrected chi connectivity index (χ1v) is 5.63. The van der Waals surface area contributed by atoms with E-state index in [1.54, 1.807) is 6.07 Å². The third-order valence-electron chi connectivity index (χ3n) is 1.58. The van der Waals surface area contributed by atoms with Crippen molar-refractivity contribution in [3.8, 4) is 5.75 Å². The number of alkyl halides is 3. The summed E-state index contributed by atoms with van der Waals surface area (Å²) in [6.07, 6.45) is 0. The highest BCUT2D eigenvalue weighted by Crippen LogP contribution is 2.30. The Kier molecular flexibility index (Phi) is 4.61. The molecule has 0 unspecified atom stereocenters. The van der Waals surface area contributed by atoms with Crippen LogP contribution in [0.1, 0.15) is 0 Å². The molecule has 16 heavy (non-hydrogen) atoms. The van der Waals surface area contributed by atoms with Crippen LogP contribution in [0.3, 0.4) is 0 Å². The van der Waals surface area contributed by atoms with Crippen LogP contribution in [-0.4, -0.2) is 17.9 Å². The van der Waals surface area contributed by atoms with E-state index in [1.807, 2.05) is 0 Å². The molecule has 0 radical (unpaired) electrons. The molecule has 0 spiro atoms. The number of hydrogen-bond donors (Lipinski definition) is 1. The second-order valence-electron chi connectivity index (χ2n) is 2.82. The Morgan fingerprint density at radius 1 is 1.38 bits per heavy atom. The number of hydrogen-bond acceptors (Lipinski definition) is 3. The highest BCUT2D eigenvalue weighted by Gasteiger charge is 2.27. The maximum Gasteiger partial charge on any atom is 0.441 e. The van der Waals surface area contributed by atoms with Gasteiger partial charge >= 0.3 is 5.51 Å². The van der Waals surface area contributed by atoms with Crippen molar-refractivity contribution in [1.82, 2.24) is 0 Å². The van der Waals surface area contributed by atoms with E-state index in [1.165, 1.54) is 12.1 Å². The summed E-state index contributed by atoms with van der Waals surface area (Å²) < 4.78 is 40.4. The fourth-order valence-electron chi connectivity index (χ4n) is 0.942. The smallest absolute Gasteiger partial charge is 0.441 e. The summed E-state index contributed by atoms with van der Waals surface area (Å²) in [4.78, 5) is 0. The van der Waals surface area contributed by atoms with Gasteiger partial charge in [-0.15, -0.1) is 0 Å². The number of ether oxygens (including phenoxy) is 1. The molecule has 0 saturated heterocycles. The van der Waals surface area contributed by atoms with E-state index in [0.29, 0.717) is 16.5 Å². The Hall–Kier alpha value is -0.750. The zero-order valence-electron chi connectivity index (χ0n) is 8.05. The maximum absolute atomic E-state index is 11.8. The van der Waals surface area contributed by atoms with Crippen molar-refractivity contribution < 1.29 is 17.9 Å². The summed E-state index contributed by atoms with van der Waals surface area (Å²) >= 11 is 5.55. The Bertz CT molecular complexity index is 359. The van der Waals surface area contributed by atoms with Gasteiger partial charge in [0.2, 0.25) is 0 Å². The molecule has 1 aromatic carbocycles. The van der Waals surface area contributed by atoms with Crippen molar-refractivity contribution in [2.45, 2.75) is 5.51 Å². The minimum atomic E-state index is -4.23. The van der Waals surface area contributed by atoms with Gasteiger partial charge < -0.3 is 10.5 Å². The van der Waals surface area contributed by atoms with Crippen molar-refractivity contribution in [1.29, 1.82) is 0 Å². The molecule has 0 aliphatic carbocycles. The molecule has 0 amide bonds.